The number of nitrogens with two attached hydrogens (primary N) is 1. The summed E-state index contributed by atoms with van der Waals surface area (Å²) < 4.78 is 13.0. The standard InChI is InChI=1S/C9H12FNO2/c1-5-2-9(13)6(3-7(5)10)8(11)4-12/h2-3,8,12-13H,4,11H2,1H3/t8-/m1/s1. The number of aliphatic hydroxyl groups excluding tert-OH is 1. The van der Waals surface area contributed by atoms with Gasteiger partial charge in [0, 0.05) is 5.56 Å². The third kappa shape index (κ3) is 1.96. The van der Waals surface area contributed by atoms with E-state index in [0.29, 0.717) is 5.56 Å². The smallest absolute Gasteiger partial charge is 0.126 e. The van der Waals surface area contributed by atoms with Crippen molar-refractivity contribution in [3.05, 3.63) is 29.1 Å². The van der Waals surface area contributed by atoms with Gasteiger partial charge >= 0.3 is 0 Å². The first-order chi connectivity index (χ1) is 6.06. The summed E-state index contributed by atoms with van der Waals surface area (Å²) in [6.07, 6.45) is 0. The zero-order valence-corrected chi connectivity index (χ0v) is 7.29. The van der Waals surface area contributed by atoms with Crippen molar-refractivity contribution in [3.8, 4) is 5.75 Å². The summed E-state index contributed by atoms with van der Waals surface area (Å²) >= 11 is 0. The second kappa shape index (κ2) is 3.72. The third-order valence-electron chi connectivity index (χ3n) is 1.90. The summed E-state index contributed by atoms with van der Waals surface area (Å²) in [6.45, 7) is 1.22. The zero-order valence-electron chi connectivity index (χ0n) is 7.29. The summed E-state index contributed by atoms with van der Waals surface area (Å²) in [5.41, 5.74) is 6.02. The Bertz CT molecular complexity index is 315. The molecule has 1 aromatic rings. The predicted octanol–water partition coefficient (Wildman–Crippen LogP) is 0.832. The number of phenolic OH excluding ortho intramolecular Hbond substituents is 1. The molecule has 0 aliphatic carbocycles. The number of aliphatic hydroxyl groups is 1. The van der Waals surface area contributed by atoms with E-state index in [1.807, 2.05) is 0 Å². The molecule has 3 nitrogen and oxygen atoms in total. The number of halogens is 1. The number of phenols is 1. The number of hydrogen-bond donors (Lipinski definition) is 3. The highest BCUT2D eigenvalue weighted by Crippen LogP contribution is 2.25. The fourth-order valence-corrected chi connectivity index (χ4v) is 1.08. The van der Waals surface area contributed by atoms with E-state index in [0.717, 1.165) is 6.07 Å². The Kier molecular flexibility index (Phi) is 2.85. The molecule has 1 aromatic carbocycles. The summed E-state index contributed by atoms with van der Waals surface area (Å²) in [6, 6.07) is 1.70. The molecular weight excluding hydrogens is 173 g/mol. The van der Waals surface area contributed by atoms with Crippen LogP contribution in [0.5, 0.6) is 5.75 Å². The summed E-state index contributed by atoms with van der Waals surface area (Å²) in [5.74, 6) is -0.517. The lowest BCUT2D eigenvalue weighted by molar-refractivity contribution is 0.265. The first kappa shape index (κ1) is 9.95. The van der Waals surface area contributed by atoms with E-state index in [9.17, 15) is 9.50 Å². The second-order valence-corrected chi connectivity index (χ2v) is 2.95. The van der Waals surface area contributed by atoms with Gasteiger partial charge in [-0.3, -0.25) is 0 Å². The van der Waals surface area contributed by atoms with Gasteiger partial charge in [0.1, 0.15) is 11.6 Å². The van der Waals surface area contributed by atoms with Crippen molar-refractivity contribution in [1.82, 2.24) is 0 Å². The maximum atomic E-state index is 13.0. The molecule has 1 rings (SSSR count). The Morgan fingerprint density at radius 1 is 1.54 bits per heavy atom. The van der Waals surface area contributed by atoms with E-state index in [-0.39, 0.29) is 17.9 Å². The van der Waals surface area contributed by atoms with Crippen molar-refractivity contribution in [2.75, 3.05) is 6.61 Å². The molecule has 0 fully saturated rings. The molecular formula is C9H12FNO2. The van der Waals surface area contributed by atoms with Crippen molar-refractivity contribution in [2.45, 2.75) is 13.0 Å². The monoisotopic (exact) mass is 185 g/mol. The van der Waals surface area contributed by atoms with Crippen LogP contribution in [0.25, 0.3) is 0 Å². The molecule has 0 aromatic heterocycles. The minimum absolute atomic E-state index is 0.0829. The van der Waals surface area contributed by atoms with E-state index < -0.39 is 11.9 Å². The van der Waals surface area contributed by atoms with E-state index in [1.54, 1.807) is 6.92 Å². The Morgan fingerprint density at radius 3 is 2.69 bits per heavy atom. The first-order valence-corrected chi connectivity index (χ1v) is 3.91. The topological polar surface area (TPSA) is 66.5 Å². The van der Waals surface area contributed by atoms with Gasteiger partial charge in [-0.05, 0) is 24.6 Å². The molecule has 0 radical (unpaired) electrons. The molecule has 0 aliphatic rings. The van der Waals surface area contributed by atoms with Crippen molar-refractivity contribution in [3.63, 3.8) is 0 Å². The lowest BCUT2D eigenvalue weighted by atomic mass is 10.0. The number of rotatable bonds is 2. The van der Waals surface area contributed by atoms with Crippen molar-refractivity contribution >= 4 is 0 Å². The zero-order chi connectivity index (χ0) is 10.0. The maximum Gasteiger partial charge on any atom is 0.126 e. The lowest BCUT2D eigenvalue weighted by Crippen LogP contribution is -2.15. The first-order valence-electron chi connectivity index (χ1n) is 3.91. The Balaban J connectivity index is 3.15. The Labute approximate surface area is 75.6 Å². The summed E-state index contributed by atoms with van der Waals surface area (Å²) in [5, 5.41) is 18.1. The highest BCUT2D eigenvalue weighted by atomic mass is 19.1. The van der Waals surface area contributed by atoms with E-state index in [2.05, 4.69) is 0 Å². The quantitative estimate of drug-likeness (QED) is 0.639. The number of aromatic hydroxyl groups is 1. The molecule has 0 aliphatic heterocycles. The van der Waals surface area contributed by atoms with Crippen molar-refractivity contribution in [1.29, 1.82) is 0 Å². The molecule has 0 heterocycles. The molecule has 0 unspecified atom stereocenters. The van der Waals surface area contributed by atoms with Crippen LogP contribution in [0.1, 0.15) is 17.2 Å². The molecule has 4 heteroatoms. The molecule has 1 atom stereocenters. The average molecular weight is 185 g/mol. The van der Waals surface area contributed by atoms with Gasteiger partial charge in [0.25, 0.3) is 0 Å². The molecule has 0 amide bonds. The van der Waals surface area contributed by atoms with Crippen LogP contribution in [-0.4, -0.2) is 16.8 Å². The lowest BCUT2D eigenvalue weighted by Gasteiger charge is -2.11. The van der Waals surface area contributed by atoms with Crippen LogP contribution in [0.2, 0.25) is 0 Å². The SMILES string of the molecule is Cc1cc(O)c([C@H](N)CO)cc1F. The maximum absolute atomic E-state index is 13.0. The summed E-state index contributed by atoms with van der Waals surface area (Å²) in [4.78, 5) is 0. The molecule has 13 heavy (non-hydrogen) atoms. The van der Waals surface area contributed by atoms with Crippen LogP contribution in [0.15, 0.2) is 12.1 Å². The molecule has 72 valence electrons. The van der Waals surface area contributed by atoms with Gasteiger partial charge in [-0.2, -0.15) is 0 Å². The molecule has 0 saturated carbocycles. The molecule has 0 saturated heterocycles. The predicted molar refractivity (Wildman–Crippen MR) is 46.8 cm³/mol. The normalized spacial score (nSPS) is 12.9. The summed E-state index contributed by atoms with van der Waals surface area (Å²) in [7, 11) is 0. The van der Waals surface area contributed by atoms with Crippen LogP contribution < -0.4 is 5.73 Å². The van der Waals surface area contributed by atoms with Crippen LogP contribution in [0, 0.1) is 12.7 Å². The number of hydrogen-bond acceptors (Lipinski definition) is 3. The van der Waals surface area contributed by atoms with Crippen LogP contribution in [0.4, 0.5) is 4.39 Å². The minimum atomic E-state index is -0.741. The van der Waals surface area contributed by atoms with Gasteiger partial charge in [0.05, 0.1) is 12.6 Å². The largest absolute Gasteiger partial charge is 0.508 e. The Hall–Kier alpha value is -1.13. The van der Waals surface area contributed by atoms with Crippen LogP contribution in [0.3, 0.4) is 0 Å². The number of aryl methyl sites for hydroxylation is 1. The fraction of sp³-hybridized carbons (Fsp3) is 0.333. The minimum Gasteiger partial charge on any atom is -0.508 e. The van der Waals surface area contributed by atoms with Gasteiger partial charge in [-0.25, -0.2) is 4.39 Å². The van der Waals surface area contributed by atoms with Gasteiger partial charge in [-0.1, -0.05) is 0 Å². The molecule has 0 spiro atoms. The van der Waals surface area contributed by atoms with Gasteiger partial charge in [0.2, 0.25) is 0 Å². The van der Waals surface area contributed by atoms with Crippen molar-refractivity contribution < 1.29 is 14.6 Å². The van der Waals surface area contributed by atoms with Gasteiger partial charge < -0.3 is 15.9 Å². The average Bonchev–Trinajstić information content (AvgIpc) is 2.10. The van der Waals surface area contributed by atoms with Crippen LogP contribution in [-0.2, 0) is 0 Å². The van der Waals surface area contributed by atoms with E-state index in [4.69, 9.17) is 10.8 Å². The fourth-order valence-electron chi connectivity index (χ4n) is 1.08. The van der Waals surface area contributed by atoms with Crippen molar-refractivity contribution in [2.24, 2.45) is 5.73 Å². The molecule has 4 N–H and O–H groups in total. The highest BCUT2D eigenvalue weighted by molar-refractivity contribution is 5.38. The second-order valence-electron chi connectivity index (χ2n) is 2.95. The van der Waals surface area contributed by atoms with Crippen LogP contribution >= 0.6 is 0 Å². The van der Waals surface area contributed by atoms with Gasteiger partial charge in [0.15, 0.2) is 0 Å². The molecule has 0 bridgehead atoms. The highest BCUT2D eigenvalue weighted by Gasteiger charge is 2.12. The van der Waals surface area contributed by atoms with Gasteiger partial charge in [-0.15, -0.1) is 0 Å². The Morgan fingerprint density at radius 2 is 2.15 bits per heavy atom. The van der Waals surface area contributed by atoms with E-state index >= 15 is 0 Å². The van der Waals surface area contributed by atoms with E-state index in [1.165, 1.54) is 6.07 Å². The third-order valence-corrected chi connectivity index (χ3v) is 1.90. The number of benzene rings is 1.